The van der Waals surface area contributed by atoms with Gasteiger partial charge in [-0.1, -0.05) is 6.42 Å². The minimum Gasteiger partial charge on any atom is -0.478 e. The lowest BCUT2D eigenvalue weighted by Gasteiger charge is -2.19. The Hall–Kier alpha value is -1.91. The lowest BCUT2D eigenvalue weighted by Crippen LogP contribution is -2.30. The van der Waals surface area contributed by atoms with E-state index >= 15 is 0 Å². The molecule has 1 aliphatic rings. The minimum absolute atomic E-state index is 0.134. The van der Waals surface area contributed by atoms with E-state index in [1.165, 1.54) is 18.3 Å². The predicted octanol–water partition coefficient (Wildman–Crippen LogP) is 1.68. The molecular weight excluding hydrogens is 232 g/mol. The van der Waals surface area contributed by atoms with Crippen LogP contribution in [0.25, 0.3) is 0 Å². The third-order valence-corrected chi connectivity index (χ3v) is 3.09. The molecular formula is C13H16N2O3. The smallest absolute Gasteiger partial charge is 0.335 e. The van der Waals surface area contributed by atoms with Crippen LogP contribution in [0.2, 0.25) is 0 Å². The zero-order valence-electron chi connectivity index (χ0n) is 10.1. The summed E-state index contributed by atoms with van der Waals surface area (Å²) >= 11 is 0. The zero-order chi connectivity index (χ0) is 13.0. The number of hydrogen-bond donors (Lipinski definition) is 1. The van der Waals surface area contributed by atoms with Crippen molar-refractivity contribution in [3.05, 3.63) is 29.6 Å². The Balaban J connectivity index is 2.10. The number of pyridine rings is 1. The number of hydrogen-bond acceptors (Lipinski definition) is 3. The first-order chi connectivity index (χ1) is 8.66. The molecule has 2 rings (SSSR count). The van der Waals surface area contributed by atoms with Crippen molar-refractivity contribution in [2.75, 3.05) is 6.54 Å². The molecule has 5 heteroatoms. The summed E-state index contributed by atoms with van der Waals surface area (Å²) in [5, 5.41) is 8.90. The topological polar surface area (TPSA) is 70.5 Å². The van der Waals surface area contributed by atoms with Gasteiger partial charge in [0, 0.05) is 19.2 Å². The molecule has 18 heavy (non-hydrogen) atoms. The van der Waals surface area contributed by atoms with Gasteiger partial charge in [0.25, 0.3) is 0 Å². The van der Waals surface area contributed by atoms with Crippen LogP contribution in [0, 0.1) is 0 Å². The maximum Gasteiger partial charge on any atom is 0.335 e. The Bertz CT molecular complexity index is 459. The molecule has 1 fully saturated rings. The fraction of sp³-hybridized carbons (Fsp3) is 0.462. The molecule has 1 amide bonds. The van der Waals surface area contributed by atoms with Crippen LogP contribution < -0.4 is 0 Å². The maximum atomic E-state index is 11.8. The first-order valence-electron chi connectivity index (χ1n) is 6.13. The van der Waals surface area contributed by atoms with Gasteiger partial charge in [0.15, 0.2) is 0 Å². The highest BCUT2D eigenvalue weighted by molar-refractivity contribution is 5.87. The summed E-state index contributed by atoms with van der Waals surface area (Å²) < 4.78 is 0. The first kappa shape index (κ1) is 12.5. The summed E-state index contributed by atoms with van der Waals surface area (Å²) in [4.78, 5) is 28.6. The number of carbonyl (C=O) groups is 2. The Morgan fingerprint density at radius 3 is 3.00 bits per heavy atom. The molecule has 0 aliphatic carbocycles. The van der Waals surface area contributed by atoms with Gasteiger partial charge in [-0.2, -0.15) is 0 Å². The molecule has 0 spiro atoms. The van der Waals surface area contributed by atoms with Crippen LogP contribution in [0.4, 0.5) is 0 Å². The SMILES string of the molecule is O=C(O)c1ccnc(CN2CCCCCC2=O)c1. The average molecular weight is 248 g/mol. The van der Waals surface area contributed by atoms with Gasteiger partial charge in [0.1, 0.15) is 0 Å². The summed E-state index contributed by atoms with van der Waals surface area (Å²) in [6.07, 6.45) is 5.08. The Morgan fingerprint density at radius 1 is 1.39 bits per heavy atom. The van der Waals surface area contributed by atoms with Crippen LogP contribution in [-0.2, 0) is 11.3 Å². The predicted molar refractivity (Wildman–Crippen MR) is 65.1 cm³/mol. The third kappa shape index (κ3) is 3.06. The molecule has 5 nitrogen and oxygen atoms in total. The molecule has 0 radical (unpaired) electrons. The van der Waals surface area contributed by atoms with E-state index in [9.17, 15) is 9.59 Å². The fourth-order valence-corrected chi connectivity index (χ4v) is 2.10. The van der Waals surface area contributed by atoms with Crippen molar-refractivity contribution in [1.29, 1.82) is 0 Å². The fourth-order valence-electron chi connectivity index (χ4n) is 2.10. The van der Waals surface area contributed by atoms with E-state index in [-0.39, 0.29) is 11.5 Å². The van der Waals surface area contributed by atoms with Gasteiger partial charge in [-0.25, -0.2) is 4.79 Å². The normalized spacial score (nSPS) is 16.4. The summed E-state index contributed by atoms with van der Waals surface area (Å²) in [5.74, 6) is -0.837. The highest BCUT2D eigenvalue weighted by Crippen LogP contribution is 2.14. The summed E-state index contributed by atoms with van der Waals surface area (Å²) in [5.41, 5.74) is 0.840. The second kappa shape index (κ2) is 5.62. The van der Waals surface area contributed by atoms with Crippen molar-refractivity contribution in [2.45, 2.75) is 32.2 Å². The van der Waals surface area contributed by atoms with Crippen LogP contribution in [-0.4, -0.2) is 33.4 Å². The van der Waals surface area contributed by atoms with Crippen molar-refractivity contribution in [1.82, 2.24) is 9.88 Å². The molecule has 1 aromatic heterocycles. The third-order valence-electron chi connectivity index (χ3n) is 3.09. The number of aromatic carboxylic acids is 1. The van der Waals surface area contributed by atoms with Crippen LogP contribution in [0.15, 0.2) is 18.3 Å². The van der Waals surface area contributed by atoms with E-state index < -0.39 is 5.97 Å². The van der Waals surface area contributed by atoms with E-state index in [1.807, 2.05) is 0 Å². The molecule has 0 saturated carbocycles. The number of aromatic nitrogens is 1. The van der Waals surface area contributed by atoms with E-state index in [2.05, 4.69) is 4.98 Å². The Morgan fingerprint density at radius 2 is 2.22 bits per heavy atom. The first-order valence-corrected chi connectivity index (χ1v) is 6.13. The zero-order valence-corrected chi connectivity index (χ0v) is 10.1. The Labute approximate surface area is 105 Å². The molecule has 1 saturated heterocycles. The van der Waals surface area contributed by atoms with Crippen molar-refractivity contribution < 1.29 is 14.7 Å². The Kier molecular flexibility index (Phi) is 3.92. The van der Waals surface area contributed by atoms with E-state index in [0.29, 0.717) is 18.7 Å². The molecule has 1 N–H and O–H groups in total. The number of carboxylic acid groups (broad SMARTS) is 1. The highest BCUT2D eigenvalue weighted by Gasteiger charge is 2.17. The lowest BCUT2D eigenvalue weighted by molar-refractivity contribution is -0.131. The van der Waals surface area contributed by atoms with Crippen molar-refractivity contribution in [2.24, 2.45) is 0 Å². The molecule has 2 heterocycles. The van der Waals surface area contributed by atoms with Gasteiger partial charge in [-0.15, -0.1) is 0 Å². The molecule has 96 valence electrons. The minimum atomic E-state index is -0.971. The number of nitrogens with zero attached hydrogens (tertiary/aromatic N) is 2. The molecule has 0 bridgehead atoms. The van der Waals surface area contributed by atoms with Crippen LogP contribution in [0.3, 0.4) is 0 Å². The van der Waals surface area contributed by atoms with Gasteiger partial charge in [0.2, 0.25) is 5.91 Å². The van der Waals surface area contributed by atoms with E-state index in [1.54, 1.807) is 4.90 Å². The van der Waals surface area contributed by atoms with E-state index in [0.717, 1.165) is 25.8 Å². The average Bonchev–Trinajstić information content (AvgIpc) is 2.55. The maximum absolute atomic E-state index is 11.8. The standard InChI is InChI=1S/C13H16N2O3/c16-12-4-2-1-3-7-15(12)9-11-8-10(13(17)18)5-6-14-11/h5-6,8H,1-4,7,9H2,(H,17,18). The van der Waals surface area contributed by atoms with Crippen molar-refractivity contribution in [3.8, 4) is 0 Å². The van der Waals surface area contributed by atoms with Gasteiger partial charge >= 0.3 is 5.97 Å². The molecule has 1 aromatic rings. The molecule has 1 aliphatic heterocycles. The van der Waals surface area contributed by atoms with Gasteiger partial charge in [-0.05, 0) is 25.0 Å². The van der Waals surface area contributed by atoms with Crippen LogP contribution in [0.5, 0.6) is 0 Å². The molecule has 0 atom stereocenters. The molecule has 0 aromatic carbocycles. The number of rotatable bonds is 3. The monoisotopic (exact) mass is 248 g/mol. The van der Waals surface area contributed by atoms with Crippen LogP contribution >= 0.6 is 0 Å². The number of carbonyl (C=O) groups excluding carboxylic acids is 1. The summed E-state index contributed by atoms with van der Waals surface area (Å²) in [7, 11) is 0. The number of likely N-dealkylation sites (tertiary alicyclic amines) is 1. The van der Waals surface area contributed by atoms with Gasteiger partial charge in [-0.3, -0.25) is 9.78 Å². The number of amides is 1. The number of carboxylic acids is 1. The summed E-state index contributed by atoms with van der Waals surface area (Å²) in [6, 6.07) is 2.98. The van der Waals surface area contributed by atoms with E-state index in [4.69, 9.17) is 5.11 Å². The van der Waals surface area contributed by atoms with Crippen LogP contribution in [0.1, 0.15) is 41.7 Å². The highest BCUT2D eigenvalue weighted by atomic mass is 16.4. The van der Waals surface area contributed by atoms with Gasteiger partial charge in [0.05, 0.1) is 17.8 Å². The molecule has 0 unspecified atom stereocenters. The lowest BCUT2D eigenvalue weighted by atomic mass is 10.2. The second-order valence-corrected chi connectivity index (χ2v) is 4.47. The second-order valence-electron chi connectivity index (χ2n) is 4.47. The summed E-state index contributed by atoms with van der Waals surface area (Å²) in [6.45, 7) is 1.14. The van der Waals surface area contributed by atoms with Crippen molar-refractivity contribution in [3.63, 3.8) is 0 Å². The largest absolute Gasteiger partial charge is 0.478 e. The quantitative estimate of drug-likeness (QED) is 0.883. The van der Waals surface area contributed by atoms with Crippen molar-refractivity contribution >= 4 is 11.9 Å². The van der Waals surface area contributed by atoms with Gasteiger partial charge < -0.3 is 10.0 Å².